The number of fused-ring (bicyclic) bond motifs is 1. The number of aromatic amines is 1. The fourth-order valence-corrected chi connectivity index (χ4v) is 2.16. The number of aromatic nitrogens is 2. The number of benzene rings is 1. The van der Waals surface area contributed by atoms with Gasteiger partial charge in [-0.2, -0.15) is 0 Å². The second-order valence-electron chi connectivity index (χ2n) is 4.17. The second kappa shape index (κ2) is 4.90. The van der Waals surface area contributed by atoms with Crippen LogP contribution in [0.2, 0.25) is 5.02 Å². The first kappa shape index (κ1) is 12.0. The number of rotatable bonds is 3. The van der Waals surface area contributed by atoms with Gasteiger partial charge < -0.3 is 10.3 Å². The van der Waals surface area contributed by atoms with Crippen LogP contribution < -0.4 is 5.32 Å². The minimum Gasteiger partial charge on any atom is -0.378 e. The Kier molecular flexibility index (Phi) is 3.09. The molecule has 2 N–H and O–H groups in total. The fourth-order valence-electron chi connectivity index (χ4n) is 1.99. The monoisotopic (exact) mass is 275 g/mol. The zero-order chi connectivity index (χ0) is 13.2. The average Bonchev–Trinajstić information content (AvgIpc) is 2.84. The van der Waals surface area contributed by atoms with Crippen molar-refractivity contribution in [2.45, 2.75) is 6.54 Å². The maximum atomic E-state index is 13.7. The third-order valence-corrected chi connectivity index (χ3v) is 3.25. The first-order valence-corrected chi connectivity index (χ1v) is 6.22. The standard InChI is InChI=1S/C14H11ClFN3/c15-11-4-1-5-12(13(11)16)18-7-9-8-19-14-10(9)3-2-6-17-14/h1-6,8,18H,7H2,(H,17,19). The number of halogens is 2. The van der Waals surface area contributed by atoms with Crippen LogP contribution >= 0.6 is 11.6 Å². The SMILES string of the molecule is Fc1c(Cl)cccc1NCc1c[nH]c2ncccc12. The number of nitrogens with zero attached hydrogens (tertiary/aromatic N) is 1. The number of nitrogens with one attached hydrogen (secondary N) is 2. The van der Waals surface area contributed by atoms with Gasteiger partial charge in [0, 0.05) is 24.3 Å². The Bertz CT molecular complexity index is 724. The summed E-state index contributed by atoms with van der Waals surface area (Å²) in [6, 6.07) is 8.75. The molecule has 0 unspecified atom stereocenters. The van der Waals surface area contributed by atoms with Gasteiger partial charge in [0.25, 0.3) is 0 Å². The van der Waals surface area contributed by atoms with Gasteiger partial charge in [0.15, 0.2) is 5.82 Å². The number of pyridine rings is 1. The highest BCUT2D eigenvalue weighted by Crippen LogP contribution is 2.23. The molecule has 0 bridgehead atoms. The van der Waals surface area contributed by atoms with Gasteiger partial charge in [-0.05, 0) is 29.8 Å². The molecule has 0 spiro atoms. The first-order valence-electron chi connectivity index (χ1n) is 5.84. The molecule has 3 aromatic rings. The molecule has 3 rings (SSSR count). The van der Waals surface area contributed by atoms with E-state index < -0.39 is 5.82 Å². The highest BCUT2D eigenvalue weighted by molar-refractivity contribution is 6.31. The van der Waals surface area contributed by atoms with Crippen molar-refractivity contribution in [1.29, 1.82) is 0 Å². The second-order valence-corrected chi connectivity index (χ2v) is 4.58. The van der Waals surface area contributed by atoms with Crippen molar-refractivity contribution in [2.24, 2.45) is 0 Å². The largest absolute Gasteiger partial charge is 0.378 e. The Hall–Kier alpha value is -2.07. The van der Waals surface area contributed by atoms with Gasteiger partial charge >= 0.3 is 0 Å². The highest BCUT2D eigenvalue weighted by atomic mass is 35.5. The van der Waals surface area contributed by atoms with Crippen LogP contribution in [0.1, 0.15) is 5.56 Å². The van der Waals surface area contributed by atoms with Crippen LogP contribution in [0.25, 0.3) is 11.0 Å². The van der Waals surface area contributed by atoms with Crippen LogP contribution in [0.4, 0.5) is 10.1 Å². The van der Waals surface area contributed by atoms with Gasteiger partial charge in [-0.3, -0.25) is 0 Å². The lowest BCUT2D eigenvalue weighted by Gasteiger charge is -2.07. The van der Waals surface area contributed by atoms with E-state index in [0.29, 0.717) is 12.2 Å². The predicted octanol–water partition coefficient (Wildman–Crippen LogP) is 3.97. The summed E-state index contributed by atoms with van der Waals surface area (Å²) < 4.78 is 13.7. The van der Waals surface area contributed by atoms with E-state index in [2.05, 4.69) is 15.3 Å². The third-order valence-electron chi connectivity index (χ3n) is 2.96. The van der Waals surface area contributed by atoms with Crippen molar-refractivity contribution in [2.75, 3.05) is 5.32 Å². The van der Waals surface area contributed by atoms with Crippen molar-refractivity contribution in [3.63, 3.8) is 0 Å². The Labute approximate surface area is 114 Å². The molecule has 0 aliphatic rings. The Morgan fingerprint density at radius 2 is 2.16 bits per heavy atom. The Balaban J connectivity index is 1.84. The average molecular weight is 276 g/mol. The van der Waals surface area contributed by atoms with E-state index in [9.17, 15) is 4.39 Å². The smallest absolute Gasteiger partial charge is 0.164 e. The van der Waals surface area contributed by atoms with E-state index in [4.69, 9.17) is 11.6 Å². The number of H-pyrrole nitrogens is 1. The molecule has 0 atom stereocenters. The van der Waals surface area contributed by atoms with Gasteiger partial charge in [-0.25, -0.2) is 9.37 Å². The van der Waals surface area contributed by atoms with Crippen LogP contribution in [-0.4, -0.2) is 9.97 Å². The Morgan fingerprint density at radius 3 is 3.05 bits per heavy atom. The lowest BCUT2D eigenvalue weighted by Crippen LogP contribution is -2.01. The van der Waals surface area contributed by atoms with E-state index in [-0.39, 0.29) is 5.02 Å². The van der Waals surface area contributed by atoms with Gasteiger partial charge in [-0.15, -0.1) is 0 Å². The quantitative estimate of drug-likeness (QED) is 0.759. The molecular weight excluding hydrogens is 265 g/mol. The molecule has 2 heterocycles. The normalized spacial score (nSPS) is 10.8. The highest BCUT2D eigenvalue weighted by Gasteiger charge is 2.07. The van der Waals surface area contributed by atoms with Crippen molar-refractivity contribution < 1.29 is 4.39 Å². The van der Waals surface area contributed by atoms with Crippen LogP contribution in [0.5, 0.6) is 0 Å². The molecule has 3 nitrogen and oxygen atoms in total. The summed E-state index contributed by atoms with van der Waals surface area (Å²) in [6.45, 7) is 0.503. The van der Waals surface area contributed by atoms with Crippen molar-refractivity contribution in [3.8, 4) is 0 Å². The van der Waals surface area contributed by atoms with E-state index in [1.54, 1.807) is 18.3 Å². The summed E-state index contributed by atoms with van der Waals surface area (Å²) in [5.41, 5.74) is 2.25. The number of hydrogen-bond acceptors (Lipinski definition) is 2. The molecule has 1 aromatic carbocycles. The van der Waals surface area contributed by atoms with Crippen LogP contribution in [0, 0.1) is 5.82 Å². The minimum absolute atomic E-state index is 0.116. The summed E-state index contributed by atoms with van der Waals surface area (Å²) in [7, 11) is 0. The lowest BCUT2D eigenvalue weighted by atomic mass is 10.2. The molecule has 0 aliphatic heterocycles. The molecule has 2 aromatic heterocycles. The zero-order valence-corrected chi connectivity index (χ0v) is 10.7. The molecule has 0 amide bonds. The molecule has 0 radical (unpaired) electrons. The van der Waals surface area contributed by atoms with Crippen LogP contribution in [0.15, 0.2) is 42.7 Å². The molecule has 5 heteroatoms. The van der Waals surface area contributed by atoms with Crippen molar-refractivity contribution in [3.05, 3.63) is 59.1 Å². The maximum absolute atomic E-state index is 13.7. The summed E-state index contributed by atoms with van der Waals surface area (Å²) in [6.07, 6.45) is 3.60. The van der Waals surface area contributed by atoms with Gasteiger partial charge in [0.1, 0.15) is 5.65 Å². The molecule has 0 saturated heterocycles. The van der Waals surface area contributed by atoms with E-state index >= 15 is 0 Å². The molecule has 0 aliphatic carbocycles. The number of anilines is 1. The summed E-state index contributed by atoms with van der Waals surface area (Å²) in [5.74, 6) is -0.429. The van der Waals surface area contributed by atoms with E-state index in [1.165, 1.54) is 6.07 Å². The number of hydrogen-bond donors (Lipinski definition) is 2. The molecular formula is C14H11ClFN3. The van der Waals surface area contributed by atoms with E-state index in [1.807, 2.05) is 18.3 Å². The Morgan fingerprint density at radius 1 is 1.26 bits per heavy atom. The van der Waals surface area contributed by atoms with E-state index in [0.717, 1.165) is 16.6 Å². The summed E-state index contributed by atoms with van der Waals surface area (Å²) in [5, 5.41) is 4.18. The van der Waals surface area contributed by atoms with Crippen LogP contribution in [0.3, 0.4) is 0 Å². The van der Waals surface area contributed by atoms with Crippen molar-refractivity contribution >= 4 is 28.3 Å². The van der Waals surface area contributed by atoms with Crippen molar-refractivity contribution in [1.82, 2.24) is 9.97 Å². The first-order chi connectivity index (χ1) is 9.25. The van der Waals surface area contributed by atoms with Gasteiger partial charge in [-0.1, -0.05) is 17.7 Å². The van der Waals surface area contributed by atoms with Gasteiger partial charge in [0.2, 0.25) is 0 Å². The minimum atomic E-state index is -0.429. The maximum Gasteiger partial charge on any atom is 0.164 e. The van der Waals surface area contributed by atoms with Crippen LogP contribution in [-0.2, 0) is 6.54 Å². The summed E-state index contributed by atoms with van der Waals surface area (Å²) in [4.78, 5) is 7.29. The fraction of sp³-hybridized carbons (Fsp3) is 0.0714. The van der Waals surface area contributed by atoms with Gasteiger partial charge in [0.05, 0.1) is 10.7 Å². The molecule has 0 fully saturated rings. The predicted molar refractivity (Wildman–Crippen MR) is 74.8 cm³/mol. The zero-order valence-electron chi connectivity index (χ0n) is 9.95. The molecule has 0 saturated carbocycles. The summed E-state index contributed by atoms with van der Waals surface area (Å²) >= 11 is 5.74. The third kappa shape index (κ3) is 2.27. The molecule has 96 valence electrons. The molecule has 19 heavy (non-hydrogen) atoms. The topological polar surface area (TPSA) is 40.7 Å². The lowest BCUT2D eigenvalue weighted by molar-refractivity contribution is 0.630.